The van der Waals surface area contributed by atoms with Crippen molar-refractivity contribution >= 4 is 11.0 Å². The first-order valence-electron chi connectivity index (χ1n) is 8.59. The molecule has 0 aliphatic rings. The van der Waals surface area contributed by atoms with E-state index >= 15 is 0 Å². The Hall–Kier alpha value is -3.21. The number of nitrogens with zero attached hydrogens (tertiary/aromatic N) is 4. The van der Waals surface area contributed by atoms with Crippen LogP contribution in [-0.4, -0.2) is 19.3 Å². The molecule has 0 spiro atoms. The van der Waals surface area contributed by atoms with Crippen LogP contribution in [-0.2, 0) is 6.54 Å². The molecule has 0 N–H and O–H groups in total. The maximum absolute atomic E-state index is 12.9. The van der Waals surface area contributed by atoms with Gasteiger partial charge in [0.05, 0.1) is 18.4 Å². The van der Waals surface area contributed by atoms with E-state index in [4.69, 9.17) is 0 Å². The highest BCUT2D eigenvalue weighted by molar-refractivity contribution is 5.75. The summed E-state index contributed by atoms with van der Waals surface area (Å²) in [6, 6.07) is 14.3. The van der Waals surface area contributed by atoms with Crippen LogP contribution in [0.3, 0.4) is 0 Å². The van der Waals surface area contributed by atoms with Gasteiger partial charge in [0.2, 0.25) is 0 Å². The zero-order valence-electron chi connectivity index (χ0n) is 15.1. The normalized spacial score (nSPS) is 11.2. The molecule has 4 rings (SSSR count). The maximum Gasteiger partial charge on any atom is 0.264 e. The molecule has 0 unspecified atom stereocenters. The van der Waals surface area contributed by atoms with E-state index in [0.717, 1.165) is 22.4 Å². The molecule has 0 saturated carbocycles. The first-order chi connectivity index (χ1) is 12.5. The highest BCUT2D eigenvalue weighted by atomic mass is 16.1. The standard InChI is InChI=1S/C21H20N4O/c1-14-5-4-6-17(8-14)12-24-13-22-20-19(21(24)26)11-23-25(20)18-9-15(2)7-16(3)10-18/h4-11,13H,12H2,1-3H3. The van der Waals surface area contributed by atoms with Crippen LogP contribution >= 0.6 is 0 Å². The topological polar surface area (TPSA) is 52.7 Å². The fraction of sp³-hybridized carbons (Fsp3) is 0.190. The number of aromatic nitrogens is 4. The lowest BCUT2D eigenvalue weighted by Crippen LogP contribution is -2.21. The quantitative estimate of drug-likeness (QED) is 0.571. The molecule has 0 radical (unpaired) electrons. The van der Waals surface area contributed by atoms with Crippen molar-refractivity contribution in [1.29, 1.82) is 0 Å². The van der Waals surface area contributed by atoms with Crippen LogP contribution in [0.5, 0.6) is 0 Å². The zero-order valence-corrected chi connectivity index (χ0v) is 15.1. The summed E-state index contributed by atoms with van der Waals surface area (Å²) < 4.78 is 3.36. The second kappa shape index (κ2) is 6.26. The van der Waals surface area contributed by atoms with Crippen molar-refractivity contribution in [2.75, 3.05) is 0 Å². The average molecular weight is 344 g/mol. The third-order valence-electron chi connectivity index (χ3n) is 4.44. The van der Waals surface area contributed by atoms with E-state index in [9.17, 15) is 4.79 Å². The highest BCUT2D eigenvalue weighted by Crippen LogP contribution is 2.17. The minimum atomic E-state index is -0.0767. The Bertz CT molecular complexity index is 1150. The van der Waals surface area contributed by atoms with Crippen molar-refractivity contribution in [2.24, 2.45) is 0 Å². The number of fused-ring (bicyclic) bond motifs is 1. The molecule has 0 bridgehead atoms. The Morgan fingerprint density at radius 2 is 1.73 bits per heavy atom. The van der Waals surface area contributed by atoms with Gasteiger partial charge in [0.1, 0.15) is 11.7 Å². The van der Waals surface area contributed by atoms with Gasteiger partial charge in [0, 0.05) is 0 Å². The first kappa shape index (κ1) is 16.3. The van der Waals surface area contributed by atoms with Gasteiger partial charge in [-0.3, -0.25) is 9.36 Å². The van der Waals surface area contributed by atoms with Crippen LogP contribution in [0, 0.1) is 20.8 Å². The molecule has 5 nitrogen and oxygen atoms in total. The van der Waals surface area contributed by atoms with Crippen LogP contribution in [0.1, 0.15) is 22.3 Å². The van der Waals surface area contributed by atoms with E-state index in [1.165, 1.54) is 5.56 Å². The monoisotopic (exact) mass is 344 g/mol. The molecule has 26 heavy (non-hydrogen) atoms. The van der Waals surface area contributed by atoms with Crippen LogP contribution in [0.2, 0.25) is 0 Å². The zero-order chi connectivity index (χ0) is 18.3. The number of hydrogen-bond acceptors (Lipinski definition) is 3. The molecule has 0 atom stereocenters. The minimum Gasteiger partial charge on any atom is -0.294 e. The summed E-state index contributed by atoms with van der Waals surface area (Å²) in [5.41, 5.74) is 5.98. The molecule has 0 aliphatic carbocycles. The second-order valence-electron chi connectivity index (χ2n) is 6.81. The van der Waals surface area contributed by atoms with Crippen LogP contribution < -0.4 is 5.56 Å². The number of rotatable bonds is 3. The molecule has 5 heteroatoms. The van der Waals surface area contributed by atoms with Gasteiger partial charge < -0.3 is 0 Å². The average Bonchev–Trinajstić information content (AvgIpc) is 3.01. The molecule has 2 aromatic heterocycles. The molecule has 2 aromatic carbocycles. The van der Waals surface area contributed by atoms with E-state index in [-0.39, 0.29) is 5.56 Å². The fourth-order valence-corrected chi connectivity index (χ4v) is 3.33. The van der Waals surface area contributed by atoms with E-state index in [1.807, 2.05) is 51.1 Å². The largest absolute Gasteiger partial charge is 0.294 e. The van der Waals surface area contributed by atoms with Crippen LogP contribution in [0.4, 0.5) is 0 Å². The molecule has 0 aliphatic heterocycles. The first-order valence-corrected chi connectivity index (χ1v) is 8.59. The molecule has 0 amide bonds. The van der Waals surface area contributed by atoms with Gasteiger partial charge in [-0.2, -0.15) is 5.10 Å². The van der Waals surface area contributed by atoms with E-state index in [1.54, 1.807) is 21.8 Å². The summed E-state index contributed by atoms with van der Waals surface area (Å²) in [6.07, 6.45) is 3.21. The summed E-state index contributed by atoms with van der Waals surface area (Å²) in [5, 5.41) is 4.94. The van der Waals surface area contributed by atoms with Gasteiger partial charge in [-0.1, -0.05) is 35.9 Å². The Morgan fingerprint density at radius 3 is 2.46 bits per heavy atom. The third-order valence-corrected chi connectivity index (χ3v) is 4.44. The summed E-state index contributed by atoms with van der Waals surface area (Å²) >= 11 is 0. The fourth-order valence-electron chi connectivity index (χ4n) is 3.33. The van der Waals surface area contributed by atoms with Gasteiger partial charge in [0.25, 0.3) is 5.56 Å². The lowest BCUT2D eigenvalue weighted by atomic mass is 10.1. The summed E-state index contributed by atoms with van der Waals surface area (Å²) in [4.78, 5) is 17.4. The molecule has 0 fully saturated rings. The maximum atomic E-state index is 12.9. The van der Waals surface area contributed by atoms with Gasteiger partial charge in [-0.25, -0.2) is 9.67 Å². The third kappa shape index (κ3) is 2.92. The Morgan fingerprint density at radius 1 is 0.962 bits per heavy atom. The molecule has 130 valence electrons. The lowest BCUT2D eigenvalue weighted by molar-refractivity contribution is 0.745. The van der Waals surface area contributed by atoms with Crippen LogP contribution in [0.15, 0.2) is 59.8 Å². The summed E-state index contributed by atoms with van der Waals surface area (Å²) in [5.74, 6) is 0. The van der Waals surface area contributed by atoms with Crippen molar-refractivity contribution in [2.45, 2.75) is 27.3 Å². The van der Waals surface area contributed by atoms with Crippen molar-refractivity contribution in [1.82, 2.24) is 19.3 Å². The van der Waals surface area contributed by atoms with E-state index in [2.05, 4.69) is 22.2 Å². The van der Waals surface area contributed by atoms with Gasteiger partial charge in [-0.05, 0) is 49.6 Å². The van der Waals surface area contributed by atoms with E-state index in [0.29, 0.717) is 17.6 Å². The van der Waals surface area contributed by atoms with Gasteiger partial charge >= 0.3 is 0 Å². The Kier molecular flexibility index (Phi) is 3.92. The lowest BCUT2D eigenvalue weighted by Gasteiger charge is -2.08. The van der Waals surface area contributed by atoms with Crippen molar-refractivity contribution in [3.05, 3.63) is 87.6 Å². The van der Waals surface area contributed by atoms with E-state index < -0.39 is 0 Å². The smallest absolute Gasteiger partial charge is 0.264 e. The molecule has 2 heterocycles. The highest BCUT2D eigenvalue weighted by Gasteiger charge is 2.12. The summed E-state index contributed by atoms with van der Waals surface area (Å²) in [7, 11) is 0. The van der Waals surface area contributed by atoms with Crippen molar-refractivity contribution in [3.8, 4) is 5.69 Å². The van der Waals surface area contributed by atoms with Gasteiger partial charge in [-0.15, -0.1) is 0 Å². The molecular formula is C21H20N4O. The molecule has 0 saturated heterocycles. The van der Waals surface area contributed by atoms with Gasteiger partial charge in [0.15, 0.2) is 5.65 Å². The Balaban J connectivity index is 1.79. The molecule has 4 aromatic rings. The number of aryl methyl sites for hydroxylation is 3. The molecular weight excluding hydrogens is 324 g/mol. The summed E-state index contributed by atoms with van der Waals surface area (Å²) in [6.45, 7) is 6.63. The SMILES string of the molecule is Cc1cccc(Cn2cnc3c(cnn3-c3cc(C)cc(C)c3)c2=O)c1. The minimum absolute atomic E-state index is 0.0767. The van der Waals surface area contributed by atoms with Crippen LogP contribution in [0.25, 0.3) is 16.7 Å². The Labute approximate surface area is 151 Å². The predicted molar refractivity (Wildman–Crippen MR) is 103 cm³/mol. The number of hydrogen-bond donors (Lipinski definition) is 0. The predicted octanol–water partition coefficient (Wildman–Crippen LogP) is 3.56. The van der Waals surface area contributed by atoms with Crippen molar-refractivity contribution < 1.29 is 0 Å². The van der Waals surface area contributed by atoms with Crippen molar-refractivity contribution in [3.63, 3.8) is 0 Å². The second-order valence-corrected chi connectivity index (χ2v) is 6.81. The number of benzene rings is 2.